The number of anilines is 1. The summed E-state index contributed by atoms with van der Waals surface area (Å²) in [6.45, 7) is 7.89. The number of pyridine rings is 1. The lowest BCUT2D eigenvalue weighted by molar-refractivity contribution is -0.118. The number of carbonyl (C=O) groups is 2. The van der Waals surface area contributed by atoms with E-state index in [1.165, 1.54) is 12.1 Å². The number of nitrogens with zero attached hydrogens (tertiary/aromatic N) is 1. The van der Waals surface area contributed by atoms with Crippen molar-refractivity contribution >= 4 is 17.5 Å². The van der Waals surface area contributed by atoms with Gasteiger partial charge in [0.05, 0.1) is 0 Å². The molecule has 0 bridgehead atoms. The Hall–Kier alpha value is -3.28. The number of hydrogen-bond acceptors (Lipinski definition) is 4. The number of aryl methyl sites for hydroxylation is 1. The second kappa shape index (κ2) is 7.76. The summed E-state index contributed by atoms with van der Waals surface area (Å²) in [5, 5.41) is 6.19. The standard InChI is InChI=1S/C25H26FN3O2/c1-14-9-10-27-20(11-14)29-24(31)21-15(2)28-18-12-25(3,4)13-19(30)23(18)22(21)16-5-7-17(26)8-6-16/h5-11,22,28H,12-13H2,1-4H3,(H,27,29,31)/t22-/m1/s1. The molecule has 1 aliphatic heterocycles. The van der Waals surface area contributed by atoms with Crippen LogP contribution in [0.25, 0.3) is 0 Å². The lowest BCUT2D eigenvalue weighted by Crippen LogP contribution is -2.39. The molecular formula is C25H26FN3O2. The largest absolute Gasteiger partial charge is 0.362 e. The molecule has 1 aromatic carbocycles. The highest BCUT2D eigenvalue weighted by atomic mass is 19.1. The molecule has 2 aromatic rings. The van der Waals surface area contributed by atoms with Gasteiger partial charge in [0.2, 0.25) is 0 Å². The second-order valence-corrected chi connectivity index (χ2v) is 9.15. The van der Waals surface area contributed by atoms with Gasteiger partial charge < -0.3 is 10.6 Å². The van der Waals surface area contributed by atoms with E-state index in [-0.39, 0.29) is 22.9 Å². The van der Waals surface area contributed by atoms with Crippen LogP contribution in [0.1, 0.15) is 50.7 Å². The van der Waals surface area contributed by atoms with Gasteiger partial charge in [0.1, 0.15) is 11.6 Å². The normalized spacial score (nSPS) is 20.3. The molecular weight excluding hydrogens is 393 g/mol. The third kappa shape index (κ3) is 4.15. The van der Waals surface area contributed by atoms with Crippen molar-refractivity contribution in [2.24, 2.45) is 5.41 Å². The maximum atomic E-state index is 13.6. The van der Waals surface area contributed by atoms with Crippen molar-refractivity contribution in [3.63, 3.8) is 0 Å². The summed E-state index contributed by atoms with van der Waals surface area (Å²) in [5.74, 6) is -0.802. The SMILES string of the molecule is CC1=C(C(=O)Nc2cc(C)ccn2)[C@@H](c2ccc(F)cc2)C2=C(CC(C)(C)CC2=O)N1. The minimum absolute atomic E-state index is 0.0135. The number of ketones is 1. The van der Waals surface area contributed by atoms with Gasteiger partial charge in [-0.15, -0.1) is 0 Å². The first-order valence-electron chi connectivity index (χ1n) is 10.4. The van der Waals surface area contributed by atoms with E-state index in [0.29, 0.717) is 41.1 Å². The van der Waals surface area contributed by atoms with Crippen LogP contribution in [0, 0.1) is 18.2 Å². The third-order valence-electron chi connectivity index (χ3n) is 5.84. The van der Waals surface area contributed by atoms with Crippen LogP contribution < -0.4 is 10.6 Å². The number of rotatable bonds is 3. The van der Waals surface area contributed by atoms with E-state index in [0.717, 1.165) is 11.3 Å². The minimum atomic E-state index is -0.565. The van der Waals surface area contributed by atoms with Crippen molar-refractivity contribution in [2.45, 2.75) is 46.5 Å². The van der Waals surface area contributed by atoms with E-state index in [1.807, 2.05) is 19.9 Å². The first kappa shape index (κ1) is 21.0. The fourth-order valence-corrected chi connectivity index (χ4v) is 4.51. The molecule has 6 heteroatoms. The van der Waals surface area contributed by atoms with E-state index in [9.17, 15) is 14.0 Å². The zero-order valence-corrected chi connectivity index (χ0v) is 18.2. The quantitative estimate of drug-likeness (QED) is 0.752. The van der Waals surface area contributed by atoms with E-state index < -0.39 is 5.92 Å². The molecule has 1 aromatic heterocycles. The zero-order chi connectivity index (χ0) is 22.3. The van der Waals surface area contributed by atoms with Gasteiger partial charge in [-0.05, 0) is 61.1 Å². The average molecular weight is 420 g/mol. The minimum Gasteiger partial charge on any atom is -0.362 e. The first-order chi connectivity index (χ1) is 14.6. The van der Waals surface area contributed by atoms with E-state index in [2.05, 4.69) is 29.5 Å². The van der Waals surface area contributed by atoms with Gasteiger partial charge in [0, 0.05) is 41.1 Å². The highest BCUT2D eigenvalue weighted by Gasteiger charge is 2.42. The number of hydrogen-bond donors (Lipinski definition) is 2. The first-order valence-corrected chi connectivity index (χ1v) is 10.4. The molecule has 1 aliphatic carbocycles. The Labute approximate surface area is 181 Å². The summed E-state index contributed by atoms with van der Waals surface area (Å²) in [6.07, 6.45) is 2.74. The molecule has 0 saturated heterocycles. The molecule has 2 N–H and O–H groups in total. The van der Waals surface area contributed by atoms with Crippen molar-refractivity contribution in [3.05, 3.63) is 82.1 Å². The topological polar surface area (TPSA) is 71.1 Å². The van der Waals surface area contributed by atoms with E-state index in [4.69, 9.17) is 0 Å². The molecule has 0 saturated carbocycles. The van der Waals surface area contributed by atoms with Gasteiger partial charge >= 0.3 is 0 Å². The van der Waals surface area contributed by atoms with Crippen LogP contribution >= 0.6 is 0 Å². The van der Waals surface area contributed by atoms with Crippen molar-refractivity contribution in [1.82, 2.24) is 10.3 Å². The fourth-order valence-electron chi connectivity index (χ4n) is 4.51. The summed E-state index contributed by atoms with van der Waals surface area (Å²) in [4.78, 5) is 30.8. The number of dihydropyridines is 1. The van der Waals surface area contributed by atoms with Crippen LogP contribution in [0.4, 0.5) is 10.2 Å². The average Bonchev–Trinajstić information content (AvgIpc) is 2.66. The van der Waals surface area contributed by atoms with Crippen molar-refractivity contribution in [1.29, 1.82) is 0 Å². The molecule has 2 heterocycles. The Morgan fingerprint density at radius 1 is 1.16 bits per heavy atom. The van der Waals surface area contributed by atoms with Crippen molar-refractivity contribution in [3.8, 4) is 0 Å². The van der Waals surface area contributed by atoms with Crippen LogP contribution in [-0.2, 0) is 9.59 Å². The van der Waals surface area contributed by atoms with Gasteiger partial charge in [-0.25, -0.2) is 9.37 Å². The molecule has 0 radical (unpaired) electrons. The third-order valence-corrected chi connectivity index (χ3v) is 5.84. The number of carbonyl (C=O) groups excluding carboxylic acids is 2. The Morgan fingerprint density at radius 2 is 1.87 bits per heavy atom. The van der Waals surface area contributed by atoms with Gasteiger partial charge in [0.15, 0.2) is 5.78 Å². The molecule has 0 fully saturated rings. The van der Waals surface area contributed by atoms with E-state index in [1.54, 1.807) is 24.4 Å². The van der Waals surface area contributed by atoms with Crippen LogP contribution in [0.2, 0.25) is 0 Å². The summed E-state index contributed by atoms with van der Waals surface area (Å²) >= 11 is 0. The molecule has 2 aliphatic rings. The maximum Gasteiger partial charge on any atom is 0.255 e. The van der Waals surface area contributed by atoms with Gasteiger partial charge in [0.25, 0.3) is 5.91 Å². The molecule has 1 amide bonds. The molecule has 1 atom stereocenters. The van der Waals surface area contributed by atoms with Crippen molar-refractivity contribution in [2.75, 3.05) is 5.32 Å². The number of nitrogens with one attached hydrogen (secondary N) is 2. The Bertz CT molecular complexity index is 1130. The highest BCUT2D eigenvalue weighted by molar-refractivity contribution is 6.09. The highest BCUT2D eigenvalue weighted by Crippen LogP contribution is 2.46. The summed E-state index contributed by atoms with van der Waals surface area (Å²) < 4.78 is 13.6. The number of Topliss-reactive ketones (excluding diaryl/α,β-unsaturated/α-hetero) is 1. The Balaban J connectivity index is 1.80. The lowest BCUT2D eigenvalue weighted by Gasteiger charge is -2.39. The van der Waals surface area contributed by atoms with Gasteiger partial charge in [-0.1, -0.05) is 26.0 Å². The summed E-state index contributed by atoms with van der Waals surface area (Å²) in [6, 6.07) is 9.66. The summed E-state index contributed by atoms with van der Waals surface area (Å²) in [7, 11) is 0. The maximum absolute atomic E-state index is 13.6. The number of halogens is 1. The zero-order valence-electron chi connectivity index (χ0n) is 18.2. The Morgan fingerprint density at radius 3 is 2.55 bits per heavy atom. The van der Waals surface area contributed by atoms with Crippen molar-refractivity contribution < 1.29 is 14.0 Å². The summed E-state index contributed by atoms with van der Waals surface area (Å²) in [5.41, 5.74) is 4.09. The monoisotopic (exact) mass is 419 g/mol. The van der Waals surface area contributed by atoms with E-state index >= 15 is 0 Å². The van der Waals surface area contributed by atoms with Crippen LogP contribution in [0.5, 0.6) is 0 Å². The predicted octanol–water partition coefficient (Wildman–Crippen LogP) is 4.77. The molecule has 0 spiro atoms. The molecule has 5 nitrogen and oxygen atoms in total. The lowest BCUT2D eigenvalue weighted by atomic mass is 9.68. The predicted molar refractivity (Wildman–Crippen MR) is 118 cm³/mol. The van der Waals surface area contributed by atoms with Gasteiger partial charge in [-0.3, -0.25) is 9.59 Å². The van der Waals surface area contributed by atoms with Crippen LogP contribution in [0.3, 0.4) is 0 Å². The molecule has 0 unspecified atom stereocenters. The Kier molecular flexibility index (Phi) is 5.25. The second-order valence-electron chi connectivity index (χ2n) is 9.15. The fraction of sp³-hybridized carbons (Fsp3) is 0.320. The van der Waals surface area contributed by atoms with Crippen LogP contribution in [0.15, 0.2) is 65.1 Å². The molecule has 160 valence electrons. The van der Waals surface area contributed by atoms with Gasteiger partial charge in [-0.2, -0.15) is 0 Å². The number of amides is 1. The number of allylic oxidation sites excluding steroid dienone is 3. The molecule has 4 rings (SSSR count). The number of aromatic nitrogens is 1. The molecule has 31 heavy (non-hydrogen) atoms. The van der Waals surface area contributed by atoms with Crippen LogP contribution in [-0.4, -0.2) is 16.7 Å². The number of benzene rings is 1. The smallest absolute Gasteiger partial charge is 0.255 e.